The van der Waals surface area contributed by atoms with Crippen LogP contribution >= 0.6 is 0 Å². The first-order valence-electron chi connectivity index (χ1n) is 8.16. The average molecular weight is 377 g/mol. The molecule has 0 saturated heterocycles. The summed E-state index contributed by atoms with van der Waals surface area (Å²) in [5.41, 5.74) is 1.10. The third kappa shape index (κ3) is 3.27. The van der Waals surface area contributed by atoms with Crippen LogP contribution in [0.4, 0.5) is 23.7 Å². The molecule has 2 aliphatic heterocycles. The van der Waals surface area contributed by atoms with Gasteiger partial charge in [0.25, 0.3) is 0 Å². The number of nitrogens with one attached hydrogen (secondary N) is 2. The van der Waals surface area contributed by atoms with E-state index >= 15 is 0 Å². The zero-order chi connectivity index (χ0) is 19.1. The Balaban J connectivity index is 1.45. The first-order chi connectivity index (χ1) is 12.9. The smallest absolute Gasteiger partial charge is 0.322 e. The van der Waals surface area contributed by atoms with E-state index in [9.17, 15) is 22.8 Å². The summed E-state index contributed by atoms with van der Waals surface area (Å²) in [6, 6.07) is 4.45. The molecule has 2 N–H and O–H groups in total. The predicted molar refractivity (Wildman–Crippen MR) is 88.6 cm³/mol. The number of benzene rings is 2. The van der Waals surface area contributed by atoms with Crippen molar-refractivity contribution in [3.63, 3.8) is 0 Å². The minimum Gasteiger partial charge on any atom is -0.490 e. The number of rotatable bonds is 3. The van der Waals surface area contributed by atoms with Crippen molar-refractivity contribution in [2.75, 3.05) is 18.5 Å². The standard InChI is InChI=1S/C18H14F3N3O3/c19-10-1-2-13-9(3-10)6-24(18(26)23-13)7-16(25)22-14-8-27-15-5-11(20)4-12(21)17(14)15/h1-5,14H,6-8H2,(H,22,25)(H,23,26)/t14-/m0/s1. The number of anilines is 1. The molecule has 140 valence electrons. The highest BCUT2D eigenvalue weighted by Gasteiger charge is 2.31. The van der Waals surface area contributed by atoms with Crippen molar-refractivity contribution >= 4 is 17.6 Å². The van der Waals surface area contributed by atoms with Crippen LogP contribution in [0.15, 0.2) is 30.3 Å². The monoisotopic (exact) mass is 377 g/mol. The van der Waals surface area contributed by atoms with Crippen molar-refractivity contribution in [3.8, 4) is 5.75 Å². The molecule has 9 heteroatoms. The lowest BCUT2D eigenvalue weighted by Crippen LogP contribution is -2.45. The van der Waals surface area contributed by atoms with E-state index in [1.165, 1.54) is 23.1 Å². The van der Waals surface area contributed by atoms with E-state index in [2.05, 4.69) is 10.6 Å². The molecular weight excluding hydrogens is 363 g/mol. The quantitative estimate of drug-likeness (QED) is 0.864. The zero-order valence-corrected chi connectivity index (χ0v) is 13.9. The van der Waals surface area contributed by atoms with Gasteiger partial charge in [-0.05, 0) is 23.8 Å². The lowest BCUT2D eigenvalue weighted by Gasteiger charge is -2.29. The molecule has 0 spiro atoms. The lowest BCUT2D eigenvalue weighted by molar-refractivity contribution is -0.122. The van der Waals surface area contributed by atoms with Gasteiger partial charge in [0.05, 0.1) is 18.2 Å². The number of hydrogen-bond acceptors (Lipinski definition) is 3. The van der Waals surface area contributed by atoms with Gasteiger partial charge in [0.15, 0.2) is 0 Å². The highest BCUT2D eigenvalue weighted by molar-refractivity contribution is 5.94. The number of carbonyl (C=O) groups is 2. The van der Waals surface area contributed by atoms with Gasteiger partial charge in [0, 0.05) is 17.8 Å². The molecule has 0 bridgehead atoms. The maximum Gasteiger partial charge on any atom is 0.322 e. The number of halogens is 3. The summed E-state index contributed by atoms with van der Waals surface area (Å²) < 4.78 is 45.8. The van der Waals surface area contributed by atoms with Crippen LogP contribution in [0.3, 0.4) is 0 Å². The Morgan fingerprint density at radius 1 is 1.22 bits per heavy atom. The highest BCUT2D eigenvalue weighted by Crippen LogP contribution is 2.35. The molecule has 0 fully saturated rings. The molecule has 27 heavy (non-hydrogen) atoms. The number of fused-ring (bicyclic) bond motifs is 2. The van der Waals surface area contributed by atoms with E-state index < -0.39 is 35.4 Å². The SMILES string of the molecule is O=C(CN1Cc2cc(F)ccc2NC1=O)N[C@H]1COc2cc(F)cc(F)c21. The highest BCUT2D eigenvalue weighted by atomic mass is 19.1. The van der Waals surface area contributed by atoms with E-state index in [4.69, 9.17) is 4.74 Å². The van der Waals surface area contributed by atoms with Crippen LogP contribution in [0.1, 0.15) is 17.2 Å². The Hall–Kier alpha value is -3.23. The first-order valence-corrected chi connectivity index (χ1v) is 8.16. The number of urea groups is 1. The fraction of sp³-hybridized carbons (Fsp3) is 0.222. The van der Waals surface area contributed by atoms with E-state index in [1.54, 1.807) is 0 Å². The van der Waals surface area contributed by atoms with Gasteiger partial charge in [-0.2, -0.15) is 0 Å². The Morgan fingerprint density at radius 3 is 2.85 bits per heavy atom. The molecule has 0 aliphatic carbocycles. The Kier molecular flexibility index (Phi) is 4.14. The molecule has 4 rings (SSSR count). The van der Waals surface area contributed by atoms with Crippen LogP contribution in [-0.4, -0.2) is 30.0 Å². The molecule has 1 atom stereocenters. The van der Waals surface area contributed by atoms with E-state index in [-0.39, 0.29) is 31.0 Å². The van der Waals surface area contributed by atoms with Gasteiger partial charge in [0.1, 0.15) is 36.4 Å². The van der Waals surface area contributed by atoms with Gasteiger partial charge in [-0.3, -0.25) is 4.79 Å². The molecule has 0 unspecified atom stereocenters. The summed E-state index contributed by atoms with van der Waals surface area (Å²) in [7, 11) is 0. The minimum absolute atomic E-state index is 0.0397. The number of nitrogens with zero attached hydrogens (tertiary/aromatic N) is 1. The van der Waals surface area contributed by atoms with Crippen molar-refractivity contribution in [2.24, 2.45) is 0 Å². The summed E-state index contributed by atoms with van der Waals surface area (Å²) >= 11 is 0. The first kappa shape index (κ1) is 17.2. The summed E-state index contributed by atoms with van der Waals surface area (Å²) in [5.74, 6) is -2.54. The molecule has 0 radical (unpaired) electrons. The van der Waals surface area contributed by atoms with Gasteiger partial charge in [-0.25, -0.2) is 18.0 Å². The number of ether oxygens (including phenoxy) is 1. The zero-order valence-electron chi connectivity index (χ0n) is 13.9. The fourth-order valence-corrected chi connectivity index (χ4v) is 3.22. The number of amides is 3. The van der Waals surface area contributed by atoms with Gasteiger partial charge in [0.2, 0.25) is 5.91 Å². The second kappa shape index (κ2) is 6.49. The second-order valence-corrected chi connectivity index (χ2v) is 6.32. The Bertz CT molecular complexity index is 951. The summed E-state index contributed by atoms with van der Waals surface area (Å²) in [5, 5.41) is 5.16. The van der Waals surface area contributed by atoms with Crippen molar-refractivity contribution in [2.45, 2.75) is 12.6 Å². The molecular formula is C18H14F3N3O3. The Labute approximate surface area is 151 Å². The predicted octanol–water partition coefficient (Wildman–Crippen LogP) is 2.70. The van der Waals surface area contributed by atoms with Gasteiger partial charge in [-0.1, -0.05) is 0 Å². The third-order valence-corrected chi connectivity index (χ3v) is 4.44. The average Bonchev–Trinajstić information content (AvgIpc) is 2.98. The van der Waals surface area contributed by atoms with E-state index in [0.29, 0.717) is 11.3 Å². The maximum atomic E-state index is 14.0. The van der Waals surface area contributed by atoms with Gasteiger partial charge < -0.3 is 20.3 Å². The van der Waals surface area contributed by atoms with Crippen LogP contribution in [-0.2, 0) is 11.3 Å². The maximum absolute atomic E-state index is 14.0. The Morgan fingerprint density at radius 2 is 2.04 bits per heavy atom. The molecule has 2 heterocycles. The lowest BCUT2D eigenvalue weighted by atomic mass is 10.1. The molecule has 3 amide bonds. The van der Waals surface area contributed by atoms with Crippen LogP contribution in [0.25, 0.3) is 0 Å². The molecule has 0 saturated carbocycles. The third-order valence-electron chi connectivity index (χ3n) is 4.44. The minimum atomic E-state index is -0.812. The molecule has 0 aromatic heterocycles. The van der Waals surface area contributed by atoms with Crippen molar-refractivity contribution in [3.05, 3.63) is 58.9 Å². The number of hydrogen-bond donors (Lipinski definition) is 2. The van der Waals surface area contributed by atoms with E-state index in [0.717, 1.165) is 12.1 Å². The largest absolute Gasteiger partial charge is 0.490 e. The summed E-state index contributed by atoms with van der Waals surface area (Å²) in [6.07, 6.45) is 0. The van der Waals surface area contributed by atoms with Crippen molar-refractivity contribution in [1.82, 2.24) is 10.2 Å². The fourth-order valence-electron chi connectivity index (χ4n) is 3.22. The molecule has 2 aliphatic rings. The van der Waals surface area contributed by atoms with Crippen molar-refractivity contribution < 1.29 is 27.5 Å². The van der Waals surface area contributed by atoms with Gasteiger partial charge >= 0.3 is 6.03 Å². The molecule has 6 nitrogen and oxygen atoms in total. The van der Waals surface area contributed by atoms with Crippen LogP contribution in [0, 0.1) is 17.5 Å². The van der Waals surface area contributed by atoms with Crippen molar-refractivity contribution in [1.29, 1.82) is 0 Å². The van der Waals surface area contributed by atoms with Crippen LogP contribution < -0.4 is 15.4 Å². The van der Waals surface area contributed by atoms with Crippen LogP contribution in [0.5, 0.6) is 5.75 Å². The summed E-state index contributed by atoms with van der Waals surface area (Å²) in [4.78, 5) is 25.6. The molecule has 2 aromatic rings. The van der Waals surface area contributed by atoms with Gasteiger partial charge in [-0.15, -0.1) is 0 Å². The second-order valence-electron chi connectivity index (χ2n) is 6.32. The molecule has 2 aromatic carbocycles. The number of carbonyl (C=O) groups excluding carboxylic acids is 2. The van der Waals surface area contributed by atoms with E-state index in [1.807, 2.05) is 0 Å². The normalized spacial score (nSPS) is 17.7. The van der Waals surface area contributed by atoms with Crippen LogP contribution in [0.2, 0.25) is 0 Å². The summed E-state index contributed by atoms with van der Waals surface area (Å²) in [6.45, 7) is -0.290. The topological polar surface area (TPSA) is 70.7 Å².